The number of rotatable bonds is 6. The fourth-order valence-electron chi connectivity index (χ4n) is 0.306. The predicted octanol–water partition coefficient (Wildman–Crippen LogP) is -9.54. The van der Waals surface area contributed by atoms with Crippen molar-refractivity contribution in [1.29, 1.82) is 0 Å². The monoisotopic (exact) mass is 1070 g/mol. The third-order valence-electron chi connectivity index (χ3n) is 0.500. The maximum absolute atomic E-state index is 9.38. The van der Waals surface area contributed by atoms with Gasteiger partial charge in [0, 0.05) is 0 Å². The molecule has 0 aromatic heterocycles. The molecule has 0 aromatic carbocycles. The van der Waals surface area contributed by atoms with E-state index in [9.17, 15) is 70.6 Å². The summed E-state index contributed by atoms with van der Waals surface area (Å²) in [5.74, 6) is 0. The average molecular weight is 1070 g/mol. The first-order chi connectivity index (χ1) is 11.1. The summed E-state index contributed by atoms with van der Waals surface area (Å²) in [6, 6.07) is 0. The fourth-order valence-corrected chi connectivity index (χ4v) is 5.21. The standard InChI is InChI=1S/2Bi.6Cr.21O/q2*+3;;;;;;;;;;;;;;;;;;;;;;6*-1. The van der Waals surface area contributed by atoms with E-state index in [0.29, 0.717) is 0 Å². The van der Waals surface area contributed by atoms with Crippen molar-refractivity contribution >= 4 is 52.4 Å². The minimum atomic E-state index is -6.07. The third-order valence-corrected chi connectivity index (χ3v) is 8.50. The molecule has 0 aliphatic carbocycles. The van der Waals surface area contributed by atoms with Gasteiger partial charge in [-0.05, 0) is 0 Å². The van der Waals surface area contributed by atoms with Gasteiger partial charge in [-0.1, -0.05) is 0 Å². The van der Waals surface area contributed by atoms with Gasteiger partial charge in [0.2, 0.25) is 0 Å². The Morgan fingerprint density at radius 3 is 0.379 bits per heavy atom. The van der Waals surface area contributed by atoms with Gasteiger partial charge in [0.15, 0.2) is 0 Å². The minimum absolute atomic E-state index is 0. The molecule has 29 heavy (non-hydrogen) atoms. The van der Waals surface area contributed by atoms with E-state index < -0.39 is 81.7 Å². The molecule has 0 fully saturated rings. The molecule has 0 rings (SSSR count). The maximum atomic E-state index is 9.38. The molecule has 0 bridgehead atoms. The Kier molecular flexibility index (Phi) is 21.7. The Morgan fingerprint density at radius 1 is 0.310 bits per heavy atom. The SMILES string of the molecule is [Bi+3].[Bi+3].[O]=[Cr](=[O])([O-])[O][Cr](=[O])(=[O])[O-].[O]=[Cr](=[O])([O-])[O][Cr](=[O])(=[O])[O-].[O]=[Cr](=[O])([O-])[O][Cr](=[O])(=[O])[O-]. The number of hydrogen-bond acceptors (Lipinski definition) is 21. The summed E-state index contributed by atoms with van der Waals surface area (Å²) in [6.07, 6.45) is 0. The first-order valence-corrected chi connectivity index (χ1v) is 16.5. The van der Waals surface area contributed by atoms with Gasteiger partial charge in [-0.25, -0.2) is 0 Å². The van der Waals surface area contributed by atoms with Crippen molar-refractivity contribution in [2.45, 2.75) is 0 Å². The van der Waals surface area contributed by atoms with Gasteiger partial charge < -0.3 is 0 Å². The van der Waals surface area contributed by atoms with Crippen LogP contribution in [0.2, 0.25) is 0 Å². The Hall–Kier alpha value is 2.20. The van der Waals surface area contributed by atoms with Crippen LogP contribution in [-0.4, -0.2) is 52.4 Å². The zero-order chi connectivity index (χ0) is 23.1. The van der Waals surface area contributed by atoms with Crippen molar-refractivity contribution in [3.05, 3.63) is 0 Å². The zero-order valence-corrected chi connectivity index (χ0v) is 26.5. The molecule has 0 amide bonds. The molecule has 0 N–H and O–H groups in total. The molecule has 0 aliphatic heterocycles. The third kappa shape index (κ3) is 58.9. The molecule has 4 radical (unpaired) electrons. The van der Waals surface area contributed by atoms with E-state index in [4.69, 9.17) is 0 Å². The van der Waals surface area contributed by atoms with Crippen LogP contribution < -0.4 is 24.9 Å². The van der Waals surface area contributed by atoms with Crippen molar-refractivity contribution in [2.75, 3.05) is 0 Å². The van der Waals surface area contributed by atoms with E-state index in [1.165, 1.54) is 0 Å². The molecule has 0 spiro atoms. The predicted molar refractivity (Wildman–Crippen MR) is 23.0 cm³/mol. The van der Waals surface area contributed by atoms with E-state index >= 15 is 0 Å². The van der Waals surface area contributed by atoms with Crippen LogP contribution in [0.3, 0.4) is 0 Å². The first-order valence-electron chi connectivity index (χ1n) is 4.00. The molecule has 0 atom stereocenters. The van der Waals surface area contributed by atoms with Gasteiger partial charge in [0.25, 0.3) is 0 Å². The normalized spacial score (nSPS) is 12.6. The van der Waals surface area contributed by atoms with Gasteiger partial charge in [-0.3, -0.25) is 0 Å². The Bertz CT molecular complexity index is 854. The number of hydrogen-bond donors (Lipinski definition) is 0. The topological polar surface area (TPSA) is 371 Å². The second-order valence-corrected chi connectivity index (χ2v) is 13.6. The van der Waals surface area contributed by atoms with Crippen molar-refractivity contribution in [1.82, 2.24) is 0 Å². The molecule has 0 aromatic rings. The Balaban J connectivity index is -0.0000000960. The van der Waals surface area contributed by atoms with Crippen LogP contribution in [0.5, 0.6) is 0 Å². The quantitative estimate of drug-likeness (QED) is 0.223. The molecule has 21 nitrogen and oxygen atoms in total. The van der Waals surface area contributed by atoms with Crippen molar-refractivity contribution < 1.29 is 161 Å². The second-order valence-electron chi connectivity index (χ2n) is 2.65. The van der Waals surface area contributed by atoms with E-state index in [1.807, 2.05) is 0 Å². The Labute approximate surface area is 210 Å². The van der Waals surface area contributed by atoms with E-state index in [2.05, 4.69) is 8.52 Å². The van der Waals surface area contributed by atoms with E-state index in [1.54, 1.807) is 0 Å². The van der Waals surface area contributed by atoms with Crippen LogP contribution in [0, 0.1) is 0 Å². The molecule has 172 valence electrons. The summed E-state index contributed by atoms with van der Waals surface area (Å²) in [5, 5.41) is 0. The van der Waals surface area contributed by atoms with Gasteiger partial charge in [0.1, 0.15) is 0 Å². The summed E-state index contributed by atoms with van der Waals surface area (Å²) >= 11 is -36.4. The zero-order valence-electron chi connectivity index (χ0n) is 11.9. The van der Waals surface area contributed by atoms with Crippen LogP contribution in [0.4, 0.5) is 0 Å². The van der Waals surface area contributed by atoms with Crippen molar-refractivity contribution in [3.8, 4) is 0 Å². The first kappa shape index (κ1) is 41.5. The summed E-state index contributed by atoms with van der Waals surface area (Å²) in [6.45, 7) is 0. The van der Waals surface area contributed by atoms with Crippen LogP contribution in [-0.2, 0) is 136 Å². The summed E-state index contributed by atoms with van der Waals surface area (Å²) in [4.78, 5) is 0. The summed E-state index contributed by atoms with van der Waals surface area (Å²) in [7, 11) is 0. The second kappa shape index (κ2) is 15.2. The summed E-state index contributed by atoms with van der Waals surface area (Å²) in [5.41, 5.74) is 0. The van der Waals surface area contributed by atoms with Crippen LogP contribution in [0.1, 0.15) is 0 Å². The molecular weight excluding hydrogens is 1070 g/mol. The van der Waals surface area contributed by atoms with Gasteiger partial charge >= 0.3 is 213 Å². The van der Waals surface area contributed by atoms with Gasteiger partial charge in [0.05, 0.1) is 0 Å². The average Bonchev–Trinajstić information content (AvgIpc) is 1.96. The van der Waals surface area contributed by atoms with Gasteiger partial charge in [-0.15, -0.1) is 0 Å². The van der Waals surface area contributed by atoms with Crippen molar-refractivity contribution in [2.24, 2.45) is 0 Å². The molecular formula is Bi2Cr6O21. The van der Waals surface area contributed by atoms with E-state index in [-0.39, 0.29) is 52.4 Å². The molecule has 0 saturated carbocycles. The fraction of sp³-hybridized carbons (Fsp3) is 0. The molecule has 29 heteroatoms. The van der Waals surface area contributed by atoms with E-state index in [0.717, 1.165) is 0 Å². The molecule has 0 unspecified atom stereocenters. The summed E-state index contributed by atoms with van der Waals surface area (Å²) < 4.78 is 177. The molecule has 0 heterocycles. The molecule has 0 saturated heterocycles. The molecule has 0 aliphatic rings. The van der Waals surface area contributed by atoms with Crippen LogP contribution in [0.15, 0.2) is 0 Å². The Morgan fingerprint density at radius 2 is 0.379 bits per heavy atom. The van der Waals surface area contributed by atoms with Crippen molar-refractivity contribution in [3.63, 3.8) is 0 Å². The van der Waals surface area contributed by atoms with Crippen LogP contribution in [0.25, 0.3) is 0 Å². The van der Waals surface area contributed by atoms with Gasteiger partial charge in [-0.2, -0.15) is 0 Å². The van der Waals surface area contributed by atoms with Crippen LogP contribution >= 0.6 is 0 Å².